The minimum atomic E-state index is 0. The summed E-state index contributed by atoms with van der Waals surface area (Å²) in [6, 6.07) is 8.46. The van der Waals surface area contributed by atoms with E-state index in [1.165, 1.54) is 11.1 Å². The van der Waals surface area contributed by atoms with Gasteiger partial charge in [-0.2, -0.15) is 0 Å². The zero-order valence-corrected chi connectivity index (χ0v) is 14.2. The molecule has 0 radical (unpaired) electrons. The molecule has 2 N–H and O–H groups in total. The van der Waals surface area contributed by atoms with Gasteiger partial charge in [-0.3, -0.25) is 4.99 Å². The Balaban J connectivity index is 0.00000161. The molecular weight excluding hydrogens is 377 g/mol. The van der Waals surface area contributed by atoms with Crippen LogP contribution >= 0.6 is 24.0 Å². The summed E-state index contributed by atoms with van der Waals surface area (Å²) in [6.07, 6.45) is 6.75. The number of imidazole rings is 1. The quantitative estimate of drug-likeness (QED) is 0.777. The average molecular weight is 397 g/mol. The summed E-state index contributed by atoms with van der Waals surface area (Å²) in [7, 11) is 0. The van der Waals surface area contributed by atoms with Gasteiger partial charge in [-0.25, -0.2) is 4.98 Å². The smallest absolute Gasteiger partial charge is 0.191 e. The molecule has 1 aromatic heterocycles. The van der Waals surface area contributed by atoms with Gasteiger partial charge in [-0.05, 0) is 17.5 Å². The van der Waals surface area contributed by atoms with Gasteiger partial charge in [0.25, 0.3) is 0 Å². The van der Waals surface area contributed by atoms with Crippen LogP contribution < -0.4 is 10.6 Å². The fourth-order valence-electron chi connectivity index (χ4n) is 2.29. The van der Waals surface area contributed by atoms with Crippen molar-refractivity contribution >= 4 is 29.9 Å². The van der Waals surface area contributed by atoms with Crippen LogP contribution in [0, 0.1) is 0 Å². The number of hydrogen-bond acceptors (Lipinski definition) is 4. The van der Waals surface area contributed by atoms with Gasteiger partial charge < -0.3 is 15.2 Å². The van der Waals surface area contributed by atoms with E-state index in [1.54, 1.807) is 0 Å². The third-order valence-corrected chi connectivity index (χ3v) is 3.37. The molecule has 0 amide bonds. The lowest BCUT2D eigenvalue weighted by atomic mass is 10.1. The van der Waals surface area contributed by atoms with E-state index in [4.69, 9.17) is 0 Å². The highest BCUT2D eigenvalue weighted by Crippen LogP contribution is 2.10. The fraction of sp³-hybridized carbons (Fsp3) is 0.333. The predicted octanol–water partition coefficient (Wildman–Crippen LogP) is 1.99. The highest BCUT2D eigenvalue weighted by molar-refractivity contribution is 14.0. The molecule has 3 rings (SSSR count). The molecule has 1 aromatic carbocycles. The van der Waals surface area contributed by atoms with Crippen molar-refractivity contribution < 1.29 is 0 Å². The second kappa shape index (κ2) is 8.02. The summed E-state index contributed by atoms with van der Waals surface area (Å²) in [5.74, 6) is 0.911. The molecule has 2 heterocycles. The van der Waals surface area contributed by atoms with E-state index in [-0.39, 0.29) is 24.0 Å². The van der Waals surface area contributed by atoms with Gasteiger partial charge in [-0.15, -0.1) is 24.0 Å². The molecule has 0 saturated carbocycles. The molecule has 0 fully saturated rings. The average Bonchev–Trinajstić information content (AvgIpc) is 3.00. The van der Waals surface area contributed by atoms with E-state index >= 15 is 0 Å². The zero-order chi connectivity index (χ0) is 13.6. The normalized spacial score (nSPS) is 13.8. The number of benzene rings is 1. The van der Waals surface area contributed by atoms with E-state index in [0.717, 1.165) is 38.6 Å². The molecule has 0 atom stereocenters. The first-order chi connectivity index (χ1) is 9.92. The van der Waals surface area contributed by atoms with Gasteiger partial charge >= 0.3 is 0 Å². The van der Waals surface area contributed by atoms with Crippen LogP contribution in [-0.2, 0) is 13.1 Å². The third-order valence-electron chi connectivity index (χ3n) is 3.37. The zero-order valence-electron chi connectivity index (χ0n) is 11.8. The summed E-state index contributed by atoms with van der Waals surface area (Å²) < 4.78 is 2.08. The number of aromatic nitrogens is 2. The molecule has 6 heteroatoms. The summed E-state index contributed by atoms with van der Waals surface area (Å²) >= 11 is 0. The molecule has 0 aliphatic carbocycles. The van der Waals surface area contributed by atoms with Crippen molar-refractivity contribution in [3.8, 4) is 0 Å². The van der Waals surface area contributed by atoms with E-state index < -0.39 is 0 Å². The van der Waals surface area contributed by atoms with Crippen LogP contribution in [0.4, 0.5) is 0 Å². The number of nitrogens with one attached hydrogen (secondary N) is 2. The number of halogens is 1. The van der Waals surface area contributed by atoms with E-state index in [0.29, 0.717) is 0 Å². The highest BCUT2D eigenvalue weighted by atomic mass is 127. The lowest BCUT2D eigenvalue weighted by Crippen LogP contribution is -2.40. The molecule has 2 aromatic rings. The lowest BCUT2D eigenvalue weighted by molar-refractivity contribution is 0.698. The van der Waals surface area contributed by atoms with Crippen molar-refractivity contribution in [1.29, 1.82) is 0 Å². The van der Waals surface area contributed by atoms with Gasteiger partial charge in [0.15, 0.2) is 5.96 Å². The van der Waals surface area contributed by atoms with Gasteiger partial charge in [0.05, 0.1) is 6.33 Å². The Kier molecular flexibility index (Phi) is 6.04. The first kappa shape index (κ1) is 15.8. The van der Waals surface area contributed by atoms with Gasteiger partial charge in [0.1, 0.15) is 0 Å². The lowest BCUT2D eigenvalue weighted by Gasteiger charge is -2.17. The van der Waals surface area contributed by atoms with Crippen LogP contribution in [-0.4, -0.2) is 28.6 Å². The minimum absolute atomic E-state index is 0. The second-order valence-electron chi connectivity index (χ2n) is 4.87. The molecule has 21 heavy (non-hydrogen) atoms. The van der Waals surface area contributed by atoms with Crippen LogP contribution in [0.15, 0.2) is 48.0 Å². The van der Waals surface area contributed by atoms with Crippen LogP contribution in [0.2, 0.25) is 0 Å². The molecule has 112 valence electrons. The molecule has 1 aliphatic heterocycles. The van der Waals surface area contributed by atoms with Crippen molar-refractivity contribution in [2.45, 2.75) is 19.5 Å². The third kappa shape index (κ3) is 4.45. The Morgan fingerprint density at radius 3 is 2.81 bits per heavy atom. The minimum Gasteiger partial charge on any atom is -0.356 e. The van der Waals surface area contributed by atoms with Crippen molar-refractivity contribution in [2.24, 2.45) is 4.99 Å². The molecule has 1 aliphatic rings. The monoisotopic (exact) mass is 397 g/mol. The SMILES string of the molecule is I.c1ccc(Cn2ccnc2)c(CNC2=NCCCN2)c1. The number of guanidine groups is 1. The Hall–Kier alpha value is -1.57. The van der Waals surface area contributed by atoms with E-state index in [9.17, 15) is 0 Å². The highest BCUT2D eigenvalue weighted by Gasteiger charge is 2.06. The van der Waals surface area contributed by atoms with Gasteiger partial charge in [0, 0.05) is 38.6 Å². The van der Waals surface area contributed by atoms with Crippen molar-refractivity contribution in [2.75, 3.05) is 13.1 Å². The fourth-order valence-corrected chi connectivity index (χ4v) is 2.29. The van der Waals surface area contributed by atoms with Gasteiger partial charge in [0.2, 0.25) is 0 Å². The maximum absolute atomic E-state index is 4.43. The Bertz CT molecular complexity index is 580. The predicted molar refractivity (Wildman–Crippen MR) is 94.9 cm³/mol. The standard InChI is InChI=1S/C15H19N5.HI/c1-2-5-14(11-20-9-8-16-12-20)13(4-1)10-19-15-17-6-3-7-18-15;/h1-2,4-5,8-9,12H,3,6-7,10-11H2,(H2,17,18,19);1H. The maximum atomic E-state index is 4.43. The Morgan fingerprint density at radius 2 is 2.10 bits per heavy atom. The van der Waals surface area contributed by atoms with Crippen LogP contribution in [0.3, 0.4) is 0 Å². The second-order valence-corrected chi connectivity index (χ2v) is 4.87. The molecule has 5 nitrogen and oxygen atoms in total. The first-order valence-corrected chi connectivity index (χ1v) is 6.96. The summed E-state index contributed by atoms with van der Waals surface area (Å²) in [6.45, 7) is 3.54. The molecular formula is C15H20IN5. The number of aliphatic imine (C=N–C) groups is 1. The molecule has 0 spiro atoms. The summed E-state index contributed by atoms with van der Waals surface area (Å²) in [4.78, 5) is 8.51. The number of nitrogens with zero attached hydrogens (tertiary/aromatic N) is 3. The van der Waals surface area contributed by atoms with Crippen LogP contribution in [0.1, 0.15) is 17.5 Å². The van der Waals surface area contributed by atoms with Gasteiger partial charge in [-0.1, -0.05) is 24.3 Å². The Morgan fingerprint density at radius 1 is 1.24 bits per heavy atom. The molecule has 0 unspecified atom stereocenters. The Labute approximate surface area is 141 Å². The van der Waals surface area contributed by atoms with E-state index in [2.05, 4.69) is 49.4 Å². The summed E-state index contributed by atoms with van der Waals surface area (Å²) in [5, 5.41) is 6.65. The summed E-state index contributed by atoms with van der Waals surface area (Å²) in [5.41, 5.74) is 2.59. The van der Waals surface area contributed by atoms with Crippen LogP contribution in [0.25, 0.3) is 0 Å². The van der Waals surface area contributed by atoms with Crippen molar-refractivity contribution in [3.05, 3.63) is 54.1 Å². The van der Waals surface area contributed by atoms with Crippen molar-refractivity contribution in [1.82, 2.24) is 20.2 Å². The molecule has 0 saturated heterocycles. The van der Waals surface area contributed by atoms with Crippen molar-refractivity contribution in [3.63, 3.8) is 0 Å². The number of rotatable bonds is 4. The largest absolute Gasteiger partial charge is 0.356 e. The number of hydrogen-bond donors (Lipinski definition) is 2. The topological polar surface area (TPSA) is 54.2 Å². The first-order valence-electron chi connectivity index (χ1n) is 6.96. The van der Waals surface area contributed by atoms with Crippen LogP contribution in [0.5, 0.6) is 0 Å². The maximum Gasteiger partial charge on any atom is 0.191 e. The van der Waals surface area contributed by atoms with E-state index in [1.807, 2.05) is 18.7 Å². The molecule has 0 bridgehead atoms.